The topological polar surface area (TPSA) is 23.4 Å². The second-order valence-electron chi connectivity index (χ2n) is 4.17. The molecule has 4 heteroatoms. The van der Waals surface area contributed by atoms with Gasteiger partial charge in [-0.2, -0.15) is 0 Å². The minimum absolute atomic E-state index is 0.736. The van der Waals surface area contributed by atoms with Crippen LogP contribution in [0.15, 0.2) is 34.9 Å². The minimum atomic E-state index is 0.736. The molecule has 0 saturated heterocycles. The molecule has 0 aliphatic carbocycles. The van der Waals surface area contributed by atoms with Crippen LogP contribution in [0.1, 0.15) is 6.42 Å². The molecule has 1 aromatic heterocycles. The molecule has 0 spiro atoms. The van der Waals surface area contributed by atoms with Gasteiger partial charge in [0, 0.05) is 43.1 Å². The van der Waals surface area contributed by atoms with E-state index in [4.69, 9.17) is 9.47 Å². The van der Waals surface area contributed by atoms with Crippen molar-refractivity contribution in [2.24, 2.45) is 0 Å². The Balaban J connectivity index is 1.86. The molecule has 1 aromatic carbocycles. The van der Waals surface area contributed by atoms with Crippen LogP contribution in [0, 0.1) is 0 Å². The Morgan fingerprint density at radius 1 is 1.17 bits per heavy atom. The Bertz CT molecular complexity index is 495. The summed E-state index contributed by atoms with van der Waals surface area (Å²) < 4.78 is 13.9. The fourth-order valence-corrected chi connectivity index (χ4v) is 2.27. The first-order valence-electron chi connectivity index (χ1n) is 6.12. The largest absolute Gasteiger partial charge is 0.385 e. The Kier molecular flexibility index (Phi) is 5.23. The molecule has 0 saturated carbocycles. The lowest BCUT2D eigenvalue weighted by molar-refractivity contribution is 0.0982. The lowest BCUT2D eigenvalue weighted by Crippen LogP contribution is -2.07. The van der Waals surface area contributed by atoms with Crippen molar-refractivity contribution in [3.05, 3.63) is 34.9 Å². The van der Waals surface area contributed by atoms with E-state index in [1.807, 2.05) is 0 Å². The van der Waals surface area contributed by atoms with Crippen molar-refractivity contribution >= 4 is 26.8 Å². The van der Waals surface area contributed by atoms with Gasteiger partial charge in [-0.15, -0.1) is 0 Å². The zero-order valence-corrected chi connectivity index (χ0v) is 12.1. The third kappa shape index (κ3) is 3.57. The lowest BCUT2D eigenvalue weighted by Gasteiger charge is -2.07. The predicted octanol–water partition coefficient (Wildman–Crippen LogP) is 3.46. The van der Waals surface area contributed by atoms with Crippen molar-refractivity contribution < 1.29 is 9.47 Å². The zero-order valence-electron chi connectivity index (χ0n) is 10.6. The number of ether oxygens (including phenoxy) is 2. The van der Waals surface area contributed by atoms with Crippen molar-refractivity contribution in [2.75, 3.05) is 26.9 Å². The molecule has 0 bridgehead atoms. The molecule has 0 radical (unpaired) electrons. The van der Waals surface area contributed by atoms with Crippen LogP contribution in [0.5, 0.6) is 0 Å². The summed E-state index contributed by atoms with van der Waals surface area (Å²) in [6, 6.07) is 8.45. The number of rotatable bonds is 7. The highest BCUT2D eigenvalue weighted by Gasteiger charge is 2.01. The summed E-state index contributed by atoms with van der Waals surface area (Å²) >= 11 is 3.50. The molecule has 0 aliphatic rings. The molecule has 2 aromatic rings. The van der Waals surface area contributed by atoms with Gasteiger partial charge in [0.25, 0.3) is 0 Å². The molecule has 18 heavy (non-hydrogen) atoms. The number of hydrogen-bond donors (Lipinski definition) is 0. The van der Waals surface area contributed by atoms with Crippen LogP contribution >= 0.6 is 15.9 Å². The highest BCUT2D eigenvalue weighted by Crippen LogP contribution is 2.20. The molecule has 98 valence electrons. The fourth-order valence-electron chi connectivity index (χ4n) is 1.92. The third-order valence-corrected chi connectivity index (χ3v) is 3.34. The standard InChI is InChI=1S/C14H18BrNO2/c1-17-8-2-9-18-10-7-16-6-5-12-3-4-13(15)11-14(12)16/h3-6,11H,2,7-10H2,1H3. The fraction of sp³-hybridized carbons (Fsp3) is 0.429. The van der Waals surface area contributed by atoms with Gasteiger partial charge in [0.1, 0.15) is 0 Å². The van der Waals surface area contributed by atoms with Gasteiger partial charge < -0.3 is 14.0 Å². The highest BCUT2D eigenvalue weighted by atomic mass is 79.9. The predicted molar refractivity (Wildman–Crippen MR) is 77.0 cm³/mol. The van der Waals surface area contributed by atoms with E-state index in [1.54, 1.807) is 7.11 Å². The van der Waals surface area contributed by atoms with Gasteiger partial charge in [0.05, 0.1) is 6.61 Å². The van der Waals surface area contributed by atoms with E-state index in [0.717, 1.165) is 37.3 Å². The molecular formula is C14H18BrNO2. The maximum Gasteiger partial charge on any atom is 0.0645 e. The van der Waals surface area contributed by atoms with E-state index >= 15 is 0 Å². The second-order valence-corrected chi connectivity index (χ2v) is 5.09. The molecule has 0 amide bonds. The second kappa shape index (κ2) is 6.92. The van der Waals surface area contributed by atoms with E-state index in [2.05, 4.69) is 51.0 Å². The van der Waals surface area contributed by atoms with Gasteiger partial charge in [-0.3, -0.25) is 0 Å². The van der Waals surface area contributed by atoms with E-state index in [9.17, 15) is 0 Å². The molecule has 0 fully saturated rings. The molecule has 0 N–H and O–H groups in total. The summed E-state index contributed by atoms with van der Waals surface area (Å²) in [5, 5.41) is 1.26. The Morgan fingerprint density at radius 3 is 2.89 bits per heavy atom. The summed E-state index contributed by atoms with van der Waals surface area (Å²) in [6.45, 7) is 3.14. The molecule has 0 unspecified atom stereocenters. The minimum Gasteiger partial charge on any atom is -0.385 e. The van der Waals surface area contributed by atoms with Gasteiger partial charge in [0.2, 0.25) is 0 Å². The average molecular weight is 312 g/mol. The van der Waals surface area contributed by atoms with Crippen LogP contribution < -0.4 is 0 Å². The molecule has 3 nitrogen and oxygen atoms in total. The number of nitrogens with zero attached hydrogens (tertiary/aromatic N) is 1. The van der Waals surface area contributed by atoms with Crippen LogP contribution in [-0.2, 0) is 16.0 Å². The monoisotopic (exact) mass is 311 g/mol. The van der Waals surface area contributed by atoms with Crippen LogP contribution in [0.4, 0.5) is 0 Å². The highest BCUT2D eigenvalue weighted by molar-refractivity contribution is 9.10. The van der Waals surface area contributed by atoms with E-state index in [0.29, 0.717) is 0 Å². The quantitative estimate of drug-likeness (QED) is 0.731. The lowest BCUT2D eigenvalue weighted by atomic mass is 10.2. The number of benzene rings is 1. The number of hydrogen-bond acceptors (Lipinski definition) is 2. The van der Waals surface area contributed by atoms with Crippen LogP contribution in [-0.4, -0.2) is 31.5 Å². The molecular weight excluding hydrogens is 294 g/mol. The van der Waals surface area contributed by atoms with Crippen molar-refractivity contribution in [1.82, 2.24) is 4.57 Å². The average Bonchev–Trinajstić information content (AvgIpc) is 2.76. The summed E-state index contributed by atoms with van der Waals surface area (Å²) in [6.07, 6.45) is 3.06. The molecule has 2 rings (SSSR count). The molecule has 0 atom stereocenters. The van der Waals surface area contributed by atoms with Gasteiger partial charge in [-0.1, -0.05) is 22.0 Å². The van der Waals surface area contributed by atoms with Crippen molar-refractivity contribution in [3.8, 4) is 0 Å². The van der Waals surface area contributed by atoms with Crippen LogP contribution in [0.2, 0.25) is 0 Å². The van der Waals surface area contributed by atoms with Crippen molar-refractivity contribution in [2.45, 2.75) is 13.0 Å². The van der Waals surface area contributed by atoms with E-state index in [-0.39, 0.29) is 0 Å². The number of fused-ring (bicyclic) bond motifs is 1. The summed E-state index contributed by atoms with van der Waals surface area (Å²) in [4.78, 5) is 0. The van der Waals surface area contributed by atoms with Crippen LogP contribution in [0.3, 0.4) is 0 Å². The SMILES string of the molecule is COCCCOCCn1ccc2ccc(Br)cc21. The van der Waals surface area contributed by atoms with Gasteiger partial charge in [-0.05, 0) is 30.0 Å². The van der Waals surface area contributed by atoms with Gasteiger partial charge in [-0.25, -0.2) is 0 Å². The maximum atomic E-state index is 5.58. The summed E-state index contributed by atoms with van der Waals surface area (Å²) in [7, 11) is 1.71. The Morgan fingerprint density at radius 2 is 2.06 bits per heavy atom. The first-order chi connectivity index (χ1) is 8.81. The number of halogens is 1. The van der Waals surface area contributed by atoms with E-state index < -0.39 is 0 Å². The Hall–Kier alpha value is -0.840. The number of methoxy groups -OCH3 is 1. The summed E-state index contributed by atoms with van der Waals surface area (Å²) in [5.74, 6) is 0. The van der Waals surface area contributed by atoms with Crippen LogP contribution in [0.25, 0.3) is 10.9 Å². The van der Waals surface area contributed by atoms with Crippen molar-refractivity contribution in [1.29, 1.82) is 0 Å². The van der Waals surface area contributed by atoms with E-state index in [1.165, 1.54) is 10.9 Å². The number of aromatic nitrogens is 1. The zero-order chi connectivity index (χ0) is 12.8. The first-order valence-corrected chi connectivity index (χ1v) is 6.91. The first kappa shape index (κ1) is 13.6. The smallest absolute Gasteiger partial charge is 0.0645 e. The molecule has 0 aliphatic heterocycles. The normalized spacial score (nSPS) is 11.2. The summed E-state index contributed by atoms with van der Waals surface area (Å²) in [5.41, 5.74) is 1.24. The molecule has 1 heterocycles. The van der Waals surface area contributed by atoms with Gasteiger partial charge >= 0.3 is 0 Å². The maximum absolute atomic E-state index is 5.58. The van der Waals surface area contributed by atoms with Crippen molar-refractivity contribution in [3.63, 3.8) is 0 Å². The third-order valence-electron chi connectivity index (χ3n) is 2.85. The Labute approximate surface area is 116 Å². The van der Waals surface area contributed by atoms with Gasteiger partial charge in [0.15, 0.2) is 0 Å².